The molecule has 0 bridgehead atoms. The lowest BCUT2D eigenvalue weighted by atomic mass is 10.1. The van der Waals surface area contributed by atoms with Crippen molar-refractivity contribution in [3.63, 3.8) is 0 Å². The number of aliphatic hydroxyl groups is 1. The first-order valence-corrected chi connectivity index (χ1v) is 11.3. The van der Waals surface area contributed by atoms with E-state index in [0.29, 0.717) is 23.1 Å². The van der Waals surface area contributed by atoms with Crippen molar-refractivity contribution >= 4 is 27.3 Å². The van der Waals surface area contributed by atoms with Crippen LogP contribution in [0.4, 0.5) is 13.2 Å². The Hall–Kier alpha value is -2.81. The predicted molar refractivity (Wildman–Crippen MR) is 101 cm³/mol. The molecule has 2 aromatic heterocycles. The summed E-state index contributed by atoms with van der Waals surface area (Å²) in [4.78, 5) is 12.1. The van der Waals surface area contributed by atoms with Gasteiger partial charge in [0.1, 0.15) is 9.75 Å². The summed E-state index contributed by atoms with van der Waals surface area (Å²) in [6, 6.07) is 10.6. The number of nitrogens with one attached hydrogen (secondary N) is 1. The molecule has 170 valence electrons. The van der Waals surface area contributed by atoms with Crippen molar-refractivity contribution in [1.82, 2.24) is 9.99 Å². The maximum absolute atomic E-state index is 13.0. The number of rotatable bonds is 7. The van der Waals surface area contributed by atoms with E-state index in [2.05, 4.69) is 14.5 Å². The third-order valence-corrected chi connectivity index (χ3v) is 8.24. The van der Waals surface area contributed by atoms with Crippen molar-refractivity contribution in [3.8, 4) is 5.00 Å². The van der Waals surface area contributed by atoms with Gasteiger partial charge in [0.05, 0.1) is 0 Å². The Bertz CT molecular complexity index is 1260. The van der Waals surface area contributed by atoms with E-state index >= 15 is 0 Å². The van der Waals surface area contributed by atoms with Crippen molar-refractivity contribution in [3.05, 3.63) is 60.0 Å². The summed E-state index contributed by atoms with van der Waals surface area (Å²) < 4.78 is 70.8. The van der Waals surface area contributed by atoms with E-state index in [0.717, 1.165) is 10.7 Å². The van der Waals surface area contributed by atoms with Crippen LogP contribution in [0.15, 0.2) is 57.4 Å². The number of sulfonamides is 1. The molecule has 1 fully saturated rings. The number of hydrogen-bond acceptors (Lipinski definition) is 7. The van der Waals surface area contributed by atoms with Gasteiger partial charge < -0.3 is 10.2 Å². The molecule has 3 N–H and O–H groups in total. The lowest BCUT2D eigenvalue weighted by Crippen LogP contribution is -2.46. The van der Waals surface area contributed by atoms with Crippen LogP contribution in [0.5, 0.6) is 0 Å². The van der Waals surface area contributed by atoms with Crippen LogP contribution in [0.25, 0.3) is 5.00 Å². The van der Waals surface area contributed by atoms with Crippen LogP contribution in [-0.4, -0.2) is 42.0 Å². The summed E-state index contributed by atoms with van der Waals surface area (Å²) in [5.41, 5.74) is -1.43. The fourth-order valence-electron chi connectivity index (χ4n) is 3.66. The molecule has 0 amide bonds. The Morgan fingerprint density at radius 3 is 2.50 bits per heavy atom. The standard InChI is InChI=1S/C18H14F3N3O6S2/c19-18(20,21)12-8-24(23-30-12)13-6-7-14(31-13)32(28,29)22-17(16(26)27)11(9-25)15(17)10-4-2-1-3-5-10/h1-8,11,15,22,25H,9H2/p+1. The number of thiophene rings is 1. The van der Waals surface area contributed by atoms with Crippen LogP contribution in [0.1, 0.15) is 17.2 Å². The highest BCUT2D eigenvalue weighted by molar-refractivity contribution is 7.91. The van der Waals surface area contributed by atoms with Crippen molar-refractivity contribution in [2.45, 2.75) is 21.8 Å². The number of aliphatic hydroxyl groups excluding tert-OH is 1. The van der Waals surface area contributed by atoms with Crippen LogP contribution < -0.4 is 9.40 Å². The molecule has 4 rings (SSSR count). The van der Waals surface area contributed by atoms with E-state index in [1.165, 1.54) is 6.07 Å². The van der Waals surface area contributed by atoms with Gasteiger partial charge in [-0.1, -0.05) is 41.7 Å². The van der Waals surface area contributed by atoms with Gasteiger partial charge >= 0.3 is 17.9 Å². The summed E-state index contributed by atoms with van der Waals surface area (Å²) in [7, 11) is -4.41. The predicted octanol–water partition coefficient (Wildman–Crippen LogP) is 1.54. The van der Waals surface area contributed by atoms with Gasteiger partial charge in [-0.3, -0.25) is 9.32 Å². The first-order valence-electron chi connectivity index (χ1n) is 9.00. The van der Waals surface area contributed by atoms with Crippen molar-refractivity contribution in [2.24, 2.45) is 5.92 Å². The van der Waals surface area contributed by atoms with Gasteiger partial charge in [0.25, 0.3) is 21.2 Å². The molecular weight excluding hydrogens is 475 g/mol. The molecule has 1 saturated carbocycles. The van der Waals surface area contributed by atoms with Crippen molar-refractivity contribution in [2.75, 3.05) is 6.61 Å². The summed E-state index contributed by atoms with van der Waals surface area (Å²) >= 11 is 0.570. The molecule has 0 aliphatic heterocycles. The number of benzene rings is 1. The average molecular weight is 490 g/mol. The normalized spacial score (nSPS) is 23.2. The van der Waals surface area contributed by atoms with E-state index < -0.39 is 51.9 Å². The summed E-state index contributed by atoms with van der Waals surface area (Å²) in [6.45, 7) is -0.570. The van der Waals surface area contributed by atoms with Gasteiger partial charge in [-0.15, -0.1) is 0 Å². The molecule has 14 heteroatoms. The highest BCUT2D eigenvalue weighted by Crippen LogP contribution is 2.58. The van der Waals surface area contributed by atoms with Crippen LogP contribution in [0.2, 0.25) is 0 Å². The second-order valence-electron chi connectivity index (χ2n) is 7.06. The molecular formula is C18H15F3N3O6S2+. The van der Waals surface area contributed by atoms with Crippen LogP contribution in [0.3, 0.4) is 0 Å². The van der Waals surface area contributed by atoms with Gasteiger partial charge in [0.2, 0.25) is 5.27 Å². The number of halogens is 3. The van der Waals surface area contributed by atoms with Crippen LogP contribution >= 0.6 is 11.3 Å². The average Bonchev–Trinajstić information content (AvgIpc) is 3.13. The van der Waals surface area contributed by atoms with Gasteiger partial charge in [0.15, 0.2) is 0 Å². The zero-order chi connectivity index (χ0) is 23.3. The molecule has 1 aliphatic carbocycles. The lowest BCUT2D eigenvalue weighted by Gasteiger charge is -2.15. The molecule has 3 atom stereocenters. The maximum Gasteiger partial charge on any atom is 0.458 e. The van der Waals surface area contributed by atoms with E-state index in [4.69, 9.17) is 0 Å². The minimum atomic E-state index is -4.77. The number of carbonyl (C=O) groups is 1. The molecule has 0 saturated heterocycles. The number of hydrogen-bond donors (Lipinski definition) is 3. The monoisotopic (exact) mass is 490 g/mol. The second-order valence-corrected chi connectivity index (χ2v) is 10.0. The van der Waals surface area contributed by atoms with E-state index in [9.17, 15) is 36.6 Å². The van der Waals surface area contributed by atoms with E-state index in [-0.39, 0.29) is 9.21 Å². The van der Waals surface area contributed by atoms with Gasteiger partial charge in [-0.25, -0.2) is 8.42 Å². The summed E-state index contributed by atoms with van der Waals surface area (Å²) in [5.74, 6) is -4.53. The Kier molecular flexibility index (Phi) is 5.35. The molecule has 32 heavy (non-hydrogen) atoms. The highest BCUT2D eigenvalue weighted by Gasteiger charge is 2.72. The number of aromatic nitrogens is 2. The SMILES string of the molecule is O=C(O)C1(NS(=O)(=O)c2ccc(-[n+]3cc(C(F)(F)F)on3)s2)C(CO)C1c1ccccc1. The van der Waals surface area contributed by atoms with Gasteiger partial charge in [-0.2, -0.15) is 17.9 Å². The summed E-state index contributed by atoms with van der Waals surface area (Å²) in [5, 5.41) is 22.8. The molecule has 0 spiro atoms. The Morgan fingerprint density at radius 1 is 1.25 bits per heavy atom. The van der Waals surface area contributed by atoms with Crippen LogP contribution in [-0.2, 0) is 21.0 Å². The van der Waals surface area contributed by atoms with Gasteiger partial charge in [0, 0.05) is 24.5 Å². The maximum atomic E-state index is 13.0. The molecule has 9 nitrogen and oxygen atoms in total. The molecule has 3 unspecified atom stereocenters. The molecule has 1 aliphatic rings. The first kappa shape index (κ1) is 22.4. The Balaban J connectivity index is 1.64. The number of aliphatic carboxylic acids is 1. The zero-order valence-corrected chi connectivity index (χ0v) is 17.5. The van der Waals surface area contributed by atoms with Crippen LogP contribution in [0, 0.1) is 5.92 Å². The quantitative estimate of drug-likeness (QED) is 0.428. The molecule has 3 aromatic rings. The minimum absolute atomic E-state index is 0.00288. The third kappa shape index (κ3) is 3.68. The van der Waals surface area contributed by atoms with Crippen molar-refractivity contribution < 1.29 is 45.8 Å². The summed E-state index contributed by atoms with van der Waals surface area (Å²) in [6.07, 6.45) is -4.21. The number of nitrogens with zero attached hydrogens (tertiary/aromatic N) is 2. The fraction of sp³-hybridized carbons (Fsp3) is 0.278. The Labute approximate surface area is 182 Å². The first-order chi connectivity index (χ1) is 15.0. The molecule has 2 heterocycles. The topological polar surface area (TPSA) is 134 Å². The zero-order valence-electron chi connectivity index (χ0n) is 15.9. The van der Waals surface area contributed by atoms with Gasteiger partial charge in [-0.05, 0) is 16.3 Å². The Morgan fingerprint density at radius 2 is 1.94 bits per heavy atom. The number of alkyl halides is 3. The van der Waals surface area contributed by atoms with E-state index in [1.54, 1.807) is 30.3 Å². The second kappa shape index (κ2) is 7.65. The number of carboxylic acid groups (broad SMARTS) is 1. The smallest absolute Gasteiger partial charge is 0.458 e. The minimum Gasteiger partial charge on any atom is -0.480 e. The third-order valence-electron chi connectivity index (χ3n) is 5.19. The number of carboxylic acids is 1. The molecule has 1 aromatic carbocycles. The van der Waals surface area contributed by atoms with E-state index in [1.807, 2.05) is 0 Å². The fourth-order valence-corrected chi connectivity index (χ4v) is 6.30. The highest BCUT2D eigenvalue weighted by atomic mass is 32.2. The molecule has 0 radical (unpaired) electrons. The van der Waals surface area contributed by atoms with Crippen molar-refractivity contribution in [1.29, 1.82) is 0 Å². The largest absolute Gasteiger partial charge is 0.480 e. The lowest BCUT2D eigenvalue weighted by molar-refractivity contribution is -0.666.